The second-order valence-electron chi connectivity index (χ2n) is 6.60. The van der Waals surface area contributed by atoms with Crippen molar-refractivity contribution in [2.45, 2.75) is 44.4 Å². The van der Waals surface area contributed by atoms with Crippen molar-refractivity contribution in [2.75, 3.05) is 46.9 Å². The van der Waals surface area contributed by atoms with Crippen LogP contribution in [0.15, 0.2) is 0 Å². The number of nitrogens with zero attached hydrogens (tertiary/aromatic N) is 2. The van der Waals surface area contributed by atoms with Crippen molar-refractivity contribution in [3.05, 3.63) is 0 Å². The van der Waals surface area contributed by atoms with E-state index in [9.17, 15) is 0 Å². The van der Waals surface area contributed by atoms with Gasteiger partial charge in [-0.3, -0.25) is 4.90 Å². The first-order chi connectivity index (χ1) is 8.46. The normalized spacial score (nSPS) is 34.7. The first kappa shape index (κ1) is 14.3. The van der Waals surface area contributed by atoms with Gasteiger partial charge in [-0.15, -0.1) is 0 Å². The van der Waals surface area contributed by atoms with Crippen LogP contribution in [0.4, 0.5) is 0 Å². The van der Waals surface area contributed by atoms with Crippen molar-refractivity contribution in [2.24, 2.45) is 0 Å². The Morgan fingerprint density at radius 3 is 2.78 bits per heavy atom. The number of hydrogen-bond donors (Lipinski definition) is 1. The summed E-state index contributed by atoms with van der Waals surface area (Å²) >= 11 is 0. The molecule has 2 aliphatic rings. The molecule has 2 unspecified atom stereocenters. The third kappa shape index (κ3) is 3.92. The summed E-state index contributed by atoms with van der Waals surface area (Å²) in [4.78, 5) is 4.91. The highest BCUT2D eigenvalue weighted by molar-refractivity contribution is 4.86. The number of piperazine rings is 1. The zero-order chi connectivity index (χ0) is 13.2. The Labute approximate surface area is 112 Å². The predicted molar refractivity (Wildman–Crippen MR) is 75.0 cm³/mol. The fraction of sp³-hybridized carbons (Fsp3) is 1.00. The molecule has 2 fully saturated rings. The van der Waals surface area contributed by atoms with Crippen LogP contribution < -0.4 is 5.32 Å². The summed E-state index contributed by atoms with van der Waals surface area (Å²) in [5.74, 6) is 0. The Balaban J connectivity index is 1.76. The van der Waals surface area contributed by atoms with Crippen LogP contribution in [0.5, 0.6) is 0 Å². The maximum Gasteiger partial charge on any atom is 0.0641 e. The van der Waals surface area contributed by atoms with Gasteiger partial charge in [-0.2, -0.15) is 0 Å². The summed E-state index contributed by atoms with van der Waals surface area (Å²) in [6.07, 6.45) is 2.27. The largest absolute Gasteiger partial charge is 0.375 e. The van der Waals surface area contributed by atoms with Crippen molar-refractivity contribution < 1.29 is 4.74 Å². The number of nitrogens with one attached hydrogen (secondary N) is 1. The highest BCUT2D eigenvalue weighted by atomic mass is 16.5. The Morgan fingerprint density at radius 2 is 2.06 bits per heavy atom. The Kier molecular flexibility index (Phi) is 4.64. The lowest BCUT2D eigenvalue weighted by Crippen LogP contribution is -2.55. The van der Waals surface area contributed by atoms with Crippen molar-refractivity contribution >= 4 is 0 Å². The minimum atomic E-state index is 0.0468. The molecule has 0 aromatic carbocycles. The number of ether oxygens (including phenoxy) is 1. The van der Waals surface area contributed by atoms with E-state index in [0.29, 0.717) is 12.1 Å². The topological polar surface area (TPSA) is 27.7 Å². The van der Waals surface area contributed by atoms with Crippen LogP contribution in [0.3, 0.4) is 0 Å². The van der Waals surface area contributed by atoms with E-state index in [1.807, 2.05) is 0 Å². The Hall–Kier alpha value is -0.160. The highest BCUT2D eigenvalue weighted by Gasteiger charge is 2.29. The lowest BCUT2D eigenvalue weighted by molar-refractivity contribution is -0.0637. The van der Waals surface area contributed by atoms with E-state index >= 15 is 0 Å². The van der Waals surface area contributed by atoms with Crippen LogP contribution in [0, 0.1) is 0 Å². The first-order valence-corrected chi connectivity index (χ1v) is 7.22. The molecule has 0 saturated carbocycles. The molecule has 0 radical (unpaired) electrons. The van der Waals surface area contributed by atoms with Gasteiger partial charge >= 0.3 is 0 Å². The minimum Gasteiger partial charge on any atom is -0.375 e. The molecule has 0 aromatic heterocycles. The molecule has 2 atom stereocenters. The molecule has 0 amide bonds. The number of hydrogen-bond acceptors (Lipinski definition) is 4. The van der Waals surface area contributed by atoms with Crippen molar-refractivity contribution in [3.8, 4) is 0 Å². The molecule has 106 valence electrons. The van der Waals surface area contributed by atoms with E-state index in [4.69, 9.17) is 4.74 Å². The fourth-order valence-corrected chi connectivity index (χ4v) is 3.03. The van der Waals surface area contributed by atoms with Gasteiger partial charge in [0.1, 0.15) is 0 Å². The zero-order valence-electron chi connectivity index (χ0n) is 12.4. The van der Waals surface area contributed by atoms with E-state index in [0.717, 1.165) is 26.0 Å². The predicted octanol–water partition coefficient (Wildman–Crippen LogP) is 0.779. The maximum absolute atomic E-state index is 5.77. The smallest absolute Gasteiger partial charge is 0.0641 e. The average Bonchev–Trinajstić information content (AvgIpc) is 2.29. The second kappa shape index (κ2) is 5.87. The van der Waals surface area contributed by atoms with Gasteiger partial charge < -0.3 is 15.0 Å². The molecule has 0 aromatic rings. The van der Waals surface area contributed by atoms with Crippen LogP contribution in [-0.2, 0) is 4.74 Å². The summed E-state index contributed by atoms with van der Waals surface area (Å²) < 4.78 is 5.77. The molecule has 0 spiro atoms. The standard InChI is InChI=1S/C14H29N3O/c1-14(2)9-12(5-8-18-14)15-10-13-11-16(3)6-7-17(13)4/h12-13,15H,5-11H2,1-4H3. The van der Waals surface area contributed by atoms with E-state index in [1.165, 1.54) is 19.6 Å². The molecule has 4 nitrogen and oxygen atoms in total. The third-order valence-electron chi connectivity index (χ3n) is 4.32. The zero-order valence-corrected chi connectivity index (χ0v) is 12.4. The van der Waals surface area contributed by atoms with Crippen LogP contribution in [0.1, 0.15) is 26.7 Å². The van der Waals surface area contributed by atoms with Gasteiger partial charge in [0.25, 0.3) is 0 Å². The second-order valence-corrected chi connectivity index (χ2v) is 6.60. The number of rotatable bonds is 3. The first-order valence-electron chi connectivity index (χ1n) is 7.22. The average molecular weight is 255 g/mol. The van der Waals surface area contributed by atoms with Gasteiger partial charge in [-0.25, -0.2) is 0 Å². The Morgan fingerprint density at radius 1 is 1.28 bits per heavy atom. The van der Waals surface area contributed by atoms with Crippen LogP contribution in [-0.4, -0.2) is 74.4 Å². The SMILES string of the molecule is CN1CCN(C)C(CNC2CCOC(C)(C)C2)C1. The molecule has 18 heavy (non-hydrogen) atoms. The molecular weight excluding hydrogens is 226 g/mol. The van der Waals surface area contributed by atoms with Crippen LogP contribution in [0.2, 0.25) is 0 Å². The van der Waals surface area contributed by atoms with Crippen molar-refractivity contribution in [1.29, 1.82) is 0 Å². The lowest BCUT2D eigenvalue weighted by atomic mass is 9.94. The van der Waals surface area contributed by atoms with Gasteiger partial charge in [0, 0.05) is 44.9 Å². The summed E-state index contributed by atoms with van der Waals surface area (Å²) in [7, 11) is 4.46. The molecule has 4 heteroatoms. The summed E-state index contributed by atoms with van der Waals surface area (Å²) in [6, 6.07) is 1.27. The molecule has 0 aliphatic carbocycles. The van der Waals surface area contributed by atoms with Crippen LogP contribution in [0.25, 0.3) is 0 Å². The summed E-state index contributed by atoms with van der Waals surface area (Å²) in [5.41, 5.74) is 0.0468. The molecule has 2 saturated heterocycles. The van der Waals surface area contributed by atoms with E-state index in [-0.39, 0.29) is 5.60 Å². The summed E-state index contributed by atoms with van der Waals surface area (Å²) in [5, 5.41) is 3.75. The molecular formula is C14H29N3O. The minimum absolute atomic E-state index is 0.0468. The number of likely N-dealkylation sites (N-methyl/N-ethyl adjacent to an activating group) is 2. The van der Waals surface area contributed by atoms with E-state index < -0.39 is 0 Å². The summed E-state index contributed by atoms with van der Waals surface area (Å²) in [6.45, 7) is 9.94. The Bertz CT molecular complexity index is 270. The molecule has 0 bridgehead atoms. The van der Waals surface area contributed by atoms with Crippen molar-refractivity contribution in [1.82, 2.24) is 15.1 Å². The lowest BCUT2D eigenvalue weighted by Gasteiger charge is -2.40. The van der Waals surface area contributed by atoms with Gasteiger partial charge in [0.15, 0.2) is 0 Å². The van der Waals surface area contributed by atoms with Gasteiger partial charge in [-0.05, 0) is 40.8 Å². The van der Waals surface area contributed by atoms with Crippen molar-refractivity contribution in [3.63, 3.8) is 0 Å². The van der Waals surface area contributed by atoms with Crippen LogP contribution >= 0.6 is 0 Å². The van der Waals surface area contributed by atoms with E-state index in [1.54, 1.807) is 0 Å². The third-order valence-corrected chi connectivity index (χ3v) is 4.32. The monoisotopic (exact) mass is 255 g/mol. The fourth-order valence-electron chi connectivity index (χ4n) is 3.03. The van der Waals surface area contributed by atoms with Gasteiger partial charge in [0.2, 0.25) is 0 Å². The van der Waals surface area contributed by atoms with Gasteiger partial charge in [0.05, 0.1) is 5.60 Å². The molecule has 2 heterocycles. The van der Waals surface area contributed by atoms with E-state index in [2.05, 4.69) is 43.1 Å². The highest BCUT2D eigenvalue weighted by Crippen LogP contribution is 2.23. The molecule has 2 rings (SSSR count). The quantitative estimate of drug-likeness (QED) is 0.806. The molecule has 1 N–H and O–H groups in total. The van der Waals surface area contributed by atoms with Gasteiger partial charge in [-0.1, -0.05) is 0 Å². The maximum atomic E-state index is 5.77. The molecule has 2 aliphatic heterocycles.